The lowest BCUT2D eigenvalue weighted by Crippen LogP contribution is -2.16. The molecule has 1 atom stereocenters. The number of carboxylic acid groups (broad SMARTS) is 1. The average Bonchev–Trinajstić information content (AvgIpc) is 2.99. The van der Waals surface area contributed by atoms with Gasteiger partial charge in [0.05, 0.1) is 0 Å². The number of unbranched alkanes of at least 4 members (excludes halogenated alkanes) is 20. The molecule has 1 unspecified atom stereocenters. The van der Waals surface area contributed by atoms with Crippen LogP contribution in [-0.2, 0) is 14.3 Å². The average molecular weight is 603 g/mol. The van der Waals surface area contributed by atoms with Gasteiger partial charge in [0.25, 0.3) is 0 Å². The van der Waals surface area contributed by atoms with Crippen LogP contribution in [0.3, 0.4) is 0 Å². The standard InChI is InChI=1S/C39H70O4/c1-3-5-7-9-11-12-13-14-15-16-17-18-19-20-21-22-24-26-32-36-39(42)43-37(33-29-25-23-10-8-6-4-2)34-30-27-28-31-35-38(40)41/h10,14-15,23,29,33,37H,3-9,11-13,16-22,24-28,30-32,34-36H2,1-2H3,(H,40,41)/b15-14-,23-10-,33-29-. The van der Waals surface area contributed by atoms with Gasteiger partial charge in [-0.1, -0.05) is 147 Å². The Labute approximate surface area is 267 Å². The summed E-state index contributed by atoms with van der Waals surface area (Å²) in [7, 11) is 0. The second kappa shape index (κ2) is 34.6. The third kappa shape index (κ3) is 34.5. The first-order valence-corrected chi connectivity index (χ1v) is 18.5. The third-order valence-electron chi connectivity index (χ3n) is 8.07. The van der Waals surface area contributed by atoms with Gasteiger partial charge in [-0.25, -0.2) is 0 Å². The maximum Gasteiger partial charge on any atom is 0.306 e. The molecule has 0 fully saturated rings. The topological polar surface area (TPSA) is 63.6 Å². The number of hydrogen-bond acceptors (Lipinski definition) is 3. The Bertz CT molecular complexity index is 693. The minimum Gasteiger partial charge on any atom is -0.481 e. The van der Waals surface area contributed by atoms with Crippen LogP contribution in [0.5, 0.6) is 0 Å². The van der Waals surface area contributed by atoms with Gasteiger partial charge in [-0.05, 0) is 70.3 Å². The largest absolute Gasteiger partial charge is 0.481 e. The molecule has 0 spiro atoms. The van der Waals surface area contributed by atoms with Gasteiger partial charge in [0.15, 0.2) is 0 Å². The van der Waals surface area contributed by atoms with Crippen LogP contribution < -0.4 is 0 Å². The Hall–Kier alpha value is -1.84. The molecule has 0 rings (SSSR count). The second-order valence-electron chi connectivity index (χ2n) is 12.4. The van der Waals surface area contributed by atoms with E-state index in [1.165, 1.54) is 109 Å². The lowest BCUT2D eigenvalue weighted by molar-refractivity contribution is -0.147. The molecule has 0 aliphatic heterocycles. The molecular formula is C39H70O4. The smallest absolute Gasteiger partial charge is 0.306 e. The van der Waals surface area contributed by atoms with Crippen molar-refractivity contribution in [2.24, 2.45) is 0 Å². The van der Waals surface area contributed by atoms with E-state index in [2.05, 4.69) is 44.2 Å². The van der Waals surface area contributed by atoms with Gasteiger partial charge in [-0.3, -0.25) is 9.59 Å². The number of carbonyl (C=O) groups is 2. The monoisotopic (exact) mass is 603 g/mol. The summed E-state index contributed by atoms with van der Waals surface area (Å²) >= 11 is 0. The molecule has 0 aliphatic rings. The van der Waals surface area contributed by atoms with E-state index in [0.717, 1.165) is 57.8 Å². The highest BCUT2D eigenvalue weighted by Gasteiger charge is 2.11. The van der Waals surface area contributed by atoms with Crippen molar-refractivity contribution in [3.05, 3.63) is 36.5 Å². The van der Waals surface area contributed by atoms with Crippen molar-refractivity contribution in [2.45, 2.75) is 200 Å². The molecule has 250 valence electrons. The zero-order valence-electron chi connectivity index (χ0n) is 28.5. The fourth-order valence-corrected chi connectivity index (χ4v) is 5.29. The van der Waals surface area contributed by atoms with Crippen molar-refractivity contribution >= 4 is 11.9 Å². The number of rotatable bonds is 33. The molecule has 0 aromatic carbocycles. The first-order valence-electron chi connectivity index (χ1n) is 18.5. The molecule has 0 saturated heterocycles. The van der Waals surface area contributed by atoms with Gasteiger partial charge in [-0.2, -0.15) is 0 Å². The van der Waals surface area contributed by atoms with Crippen molar-refractivity contribution < 1.29 is 19.4 Å². The predicted octanol–water partition coefficient (Wildman–Crippen LogP) is 12.6. The Balaban J connectivity index is 3.89. The molecular weight excluding hydrogens is 532 g/mol. The maximum absolute atomic E-state index is 12.5. The first kappa shape index (κ1) is 41.2. The molecule has 0 aromatic heterocycles. The molecule has 0 heterocycles. The lowest BCUT2D eigenvalue weighted by atomic mass is 10.1. The fourth-order valence-electron chi connectivity index (χ4n) is 5.29. The number of allylic oxidation sites excluding steroid dienone is 5. The van der Waals surface area contributed by atoms with Crippen LogP contribution in [0.15, 0.2) is 36.5 Å². The summed E-state index contributed by atoms with van der Waals surface area (Å²) in [6, 6.07) is 0. The van der Waals surface area contributed by atoms with Crippen molar-refractivity contribution in [1.29, 1.82) is 0 Å². The molecule has 43 heavy (non-hydrogen) atoms. The van der Waals surface area contributed by atoms with E-state index in [9.17, 15) is 9.59 Å². The second-order valence-corrected chi connectivity index (χ2v) is 12.4. The molecule has 0 aliphatic carbocycles. The Morgan fingerprint density at radius 3 is 1.58 bits per heavy atom. The summed E-state index contributed by atoms with van der Waals surface area (Å²) in [5.41, 5.74) is 0. The minimum atomic E-state index is -0.727. The zero-order chi connectivity index (χ0) is 31.5. The Morgan fingerprint density at radius 1 is 0.535 bits per heavy atom. The Morgan fingerprint density at radius 2 is 1.00 bits per heavy atom. The fraction of sp³-hybridized carbons (Fsp3) is 0.795. The normalized spacial score (nSPS) is 12.6. The number of hydrogen-bond donors (Lipinski definition) is 1. The summed E-state index contributed by atoms with van der Waals surface area (Å²) in [6.45, 7) is 4.48. The highest BCUT2D eigenvalue weighted by molar-refractivity contribution is 5.69. The van der Waals surface area contributed by atoms with Crippen LogP contribution in [0.2, 0.25) is 0 Å². The minimum absolute atomic E-state index is 0.0833. The number of aliphatic carboxylic acids is 1. The maximum atomic E-state index is 12.5. The van der Waals surface area contributed by atoms with E-state index in [4.69, 9.17) is 9.84 Å². The van der Waals surface area contributed by atoms with E-state index in [0.29, 0.717) is 6.42 Å². The van der Waals surface area contributed by atoms with Crippen LogP contribution in [0, 0.1) is 0 Å². The summed E-state index contributed by atoms with van der Waals surface area (Å²) in [5.74, 6) is -0.811. The number of carbonyl (C=O) groups excluding carboxylic acids is 1. The molecule has 0 radical (unpaired) electrons. The van der Waals surface area contributed by atoms with Gasteiger partial charge in [0, 0.05) is 12.8 Å². The molecule has 0 amide bonds. The van der Waals surface area contributed by atoms with Crippen molar-refractivity contribution in [1.82, 2.24) is 0 Å². The van der Waals surface area contributed by atoms with Crippen LogP contribution in [0.4, 0.5) is 0 Å². The van der Waals surface area contributed by atoms with Gasteiger partial charge >= 0.3 is 11.9 Å². The summed E-state index contributed by atoms with van der Waals surface area (Å²) in [6.07, 6.45) is 44.7. The quantitative estimate of drug-likeness (QED) is 0.0461. The van der Waals surface area contributed by atoms with Crippen LogP contribution in [0.1, 0.15) is 194 Å². The highest BCUT2D eigenvalue weighted by Crippen LogP contribution is 2.15. The molecule has 4 nitrogen and oxygen atoms in total. The number of esters is 1. The predicted molar refractivity (Wildman–Crippen MR) is 186 cm³/mol. The number of carboxylic acids is 1. The van der Waals surface area contributed by atoms with Gasteiger partial charge in [0.1, 0.15) is 6.10 Å². The van der Waals surface area contributed by atoms with E-state index >= 15 is 0 Å². The van der Waals surface area contributed by atoms with Crippen molar-refractivity contribution in [2.75, 3.05) is 0 Å². The van der Waals surface area contributed by atoms with E-state index < -0.39 is 5.97 Å². The zero-order valence-corrected chi connectivity index (χ0v) is 28.5. The van der Waals surface area contributed by atoms with Crippen molar-refractivity contribution in [3.63, 3.8) is 0 Å². The number of ether oxygens (including phenoxy) is 1. The van der Waals surface area contributed by atoms with E-state index in [1.54, 1.807) is 0 Å². The van der Waals surface area contributed by atoms with E-state index in [-0.39, 0.29) is 18.5 Å². The van der Waals surface area contributed by atoms with Gasteiger partial charge in [0.2, 0.25) is 0 Å². The molecule has 0 saturated carbocycles. The van der Waals surface area contributed by atoms with Gasteiger partial charge < -0.3 is 9.84 Å². The third-order valence-corrected chi connectivity index (χ3v) is 8.07. The highest BCUT2D eigenvalue weighted by atomic mass is 16.5. The van der Waals surface area contributed by atoms with Crippen molar-refractivity contribution in [3.8, 4) is 0 Å². The first-order chi connectivity index (χ1) is 21.1. The molecule has 4 heteroatoms. The Kier molecular flexibility index (Phi) is 33.2. The summed E-state index contributed by atoms with van der Waals surface area (Å²) in [4.78, 5) is 23.2. The molecule has 0 aromatic rings. The lowest BCUT2D eigenvalue weighted by Gasteiger charge is -2.14. The van der Waals surface area contributed by atoms with Crippen LogP contribution >= 0.6 is 0 Å². The summed E-state index contributed by atoms with van der Waals surface area (Å²) < 4.78 is 5.83. The molecule has 1 N–H and O–H groups in total. The van der Waals surface area contributed by atoms with Gasteiger partial charge in [-0.15, -0.1) is 0 Å². The van der Waals surface area contributed by atoms with Crippen LogP contribution in [-0.4, -0.2) is 23.1 Å². The molecule has 0 bridgehead atoms. The summed E-state index contributed by atoms with van der Waals surface area (Å²) in [5, 5.41) is 8.80. The SMILES string of the molecule is CCCC/C=C\C/C=C\C(CCCCCCC(=O)O)OC(=O)CCCCCCCCCCC/C=C\CCCCCCCC. The van der Waals surface area contributed by atoms with Crippen LogP contribution in [0.25, 0.3) is 0 Å². The van der Waals surface area contributed by atoms with E-state index in [1.807, 2.05) is 6.08 Å².